The maximum absolute atomic E-state index is 13.5. The molecule has 0 aliphatic heterocycles. The Morgan fingerprint density at radius 1 is 1.20 bits per heavy atom. The molecule has 1 heterocycles. The van der Waals surface area contributed by atoms with Crippen LogP contribution in [0.3, 0.4) is 0 Å². The Bertz CT molecular complexity index is 709. The van der Waals surface area contributed by atoms with Crippen LogP contribution in [0.15, 0.2) is 35.4 Å². The second kappa shape index (κ2) is 4.70. The molecule has 1 saturated carbocycles. The van der Waals surface area contributed by atoms with Crippen molar-refractivity contribution in [2.75, 3.05) is 0 Å². The topological polar surface area (TPSA) is 44.0 Å². The highest BCUT2D eigenvalue weighted by molar-refractivity contribution is 5.96. The number of halogens is 2. The minimum absolute atomic E-state index is 0.198. The van der Waals surface area contributed by atoms with E-state index in [1.807, 2.05) is 0 Å². The highest BCUT2D eigenvalue weighted by Crippen LogP contribution is 2.33. The third kappa shape index (κ3) is 2.17. The summed E-state index contributed by atoms with van der Waals surface area (Å²) < 4.78 is 29.7. The molecular formula is C14H12F2N2O2. The number of benzene rings is 1. The predicted octanol–water partition coefficient (Wildman–Crippen LogP) is 2.15. The van der Waals surface area contributed by atoms with Crippen molar-refractivity contribution in [3.05, 3.63) is 58.3 Å². The molecule has 6 heteroatoms. The van der Waals surface area contributed by atoms with Crippen LogP contribution in [0.5, 0.6) is 0 Å². The standard InChI is InChI=1S/C14H12F2N2O2/c15-10-2-1-3-11(16)13(10)12(19)8-17-6-7-18(14(17)20)9-4-5-9/h1-3,6-7,9H,4-5,8H2. The number of Topliss-reactive ketones (excluding diaryl/α,β-unsaturated/α-hetero) is 1. The van der Waals surface area contributed by atoms with Crippen molar-refractivity contribution < 1.29 is 13.6 Å². The van der Waals surface area contributed by atoms with Crippen molar-refractivity contribution >= 4 is 5.78 Å². The Hall–Kier alpha value is -2.24. The number of carbonyl (C=O) groups excluding carboxylic acids is 1. The smallest absolute Gasteiger partial charge is 0.296 e. The van der Waals surface area contributed by atoms with Crippen molar-refractivity contribution in [2.45, 2.75) is 25.4 Å². The average molecular weight is 278 g/mol. The highest BCUT2D eigenvalue weighted by atomic mass is 19.1. The Morgan fingerprint density at radius 2 is 1.85 bits per heavy atom. The highest BCUT2D eigenvalue weighted by Gasteiger charge is 2.26. The van der Waals surface area contributed by atoms with Gasteiger partial charge in [0.15, 0.2) is 5.78 Å². The van der Waals surface area contributed by atoms with E-state index >= 15 is 0 Å². The minimum Gasteiger partial charge on any atom is -0.296 e. The van der Waals surface area contributed by atoms with Crippen LogP contribution in [0.4, 0.5) is 8.78 Å². The third-order valence-electron chi connectivity index (χ3n) is 3.37. The third-order valence-corrected chi connectivity index (χ3v) is 3.37. The number of rotatable bonds is 4. The SMILES string of the molecule is O=C(Cn1ccn(C2CC2)c1=O)c1c(F)cccc1F. The number of hydrogen-bond donors (Lipinski definition) is 0. The summed E-state index contributed by atoms with van der Waals surface area (Å²) >= 11 is 0. The number of ketones is 1. The Morgan fingerprint density at radius 3 is 2.45 bits per heavy atom. The zero-order valence-electron chi connectivity index (χ0n) is 10.6. The number of carbonyl (C=O) groups is 1. The van der Waals surface area contributed by atoms with Crippen LogP contribution in [-0.2, 0) is 6.54 Å². The van der Waals surface area contributed by atoms with Crippen molar-refractivity contribution in [3.63, 3.8) is 0 Å². The molecule has 1 fully saturated rings. The van der Waals surface area contributed by atoms with Crippen LogP contribution in [0.1, 0.15) is 29.2 Å². The first kappa shape index (κ1) is 12.8. The van der Waals surface area contributed by atoms with Gasteiger partial charge in [-0.25, -0.2) is 13.6 Å². The molecule has 20 heavy (non-hydrogen) atoms. The Balaban J connectivity index is 1.88. The zero-order valence-corrected chi connectivity index (χ0v) is 10.6. The van der Waals surface area contributed by atoms with E-state index in [-0.39, 0.29) is 18.3 Å². The lowest BCUT2D eigenvalue weighted by molar-refractivity contribution is 0.0962. The molecule has 1 aliphatic carbocycles. The summed E-state index contributed by atoms with van der Waals surface area (Å²) in [5.41, 5.74) is -0.920. The van der Waals surface area contributed by atoms with E-state index < -0.39 is 23.0 Å². The van der Waals surface area contributed by atoms with Crippen LogP contribution in [0.2, 0.25) is 0 Å². The largest absolute Gasteiger partial charge is 0.328 e. The molecule has 0 unspecified atom stereocenters. The second-order valence-electron chi connectivity index (χ2n) is 4.87. The van der Waals surface area contributed by atoms with Gasteiger partial charge < -0.3 is 0 Å². The second-order valence-corrected chi connectivity index (χ2v) is 4.87. The number of hydrogen-bond acceptors (Lipinski definition) is 2. The van der Waals surface area contributed by atoms with Gasteiger partial charge in [-0.3, -0.25) is 13.9 Å². The van der Waals surface area contributed by atoms with Gasteiger partial charge in [0.05, 0.1) is 12.1 Å². The van der Waals surface area contributed by atoms with Crippen LogP contribution < -0.4 is 5.69 Å². The van der Waals surface area contributed by atoms with Gasteiger partial charge in [0.1, 0.15) is 11.6 Å². The van der Waals surface area contributed by atoms with Crippen molar-refractivity contribution in [3.8, 4) is 0 Å². The minimum atomic E-state index is -0.912. The normalized spacial score (nSPS) is 14.5. The molecule has 2 aromatic rings. The number of aromatic nitrogens is 2. The Labute approximate surface area is 113 Å². The first-order valence-electron chi connectivity index (χ1n) is 6.32. The molecule has 0 amide bonds. The molecule has 4 nitrogen and oxygen atoms in total. The zero-order chi connectivity index (χ0) is 14.3. The monoisotopic (exact) mass is 278 g/mol. The number of imidazole rings is 1. The van der Waals surface area contributed by atoms with Crippen molar-refractivity contribution in [2.24, 2.45) is 0 Å². The van der Waals surface area contributed by atoms with Gasteiger partial charge in [-0.2, -0.15) is 0 Å². The van der Waals surface area contributed by atoms with Gasteiger partial charge in [-0.05, 0) is 25.0 Å². The van der Waals surface area contributed by atoms with E-state index in [0.717, 1.165) is 25.0 Å². The number of nitrogens with zero attached hydrogens (tertiary/aromatic N) is 2. The van der Waals surface area contributed by atoms with Gasteiger partial charge in [-0.15, -0.1) is 0 Å². The molecule has 0 spiro atoms. The fraction of sp³-hybridized carbons (Fsp3) is 0.286. The van der Waals surface area contributed by atoms with Crippen LogP contribution in [0.25, 0.3) is 0 Å². The molecule has 0 bridgehead atoms. The maximum Gasteiger partial charge on any atom is 0.328 e. The van der Waals surface area contributed by atoms with E-state index in [0.29, 0.717) is 0 Å². The van der Waals surface area contributed by atoms with E-state index in [1.54, 1.807) is 10.8 Å². The summed E-state index contributed by atoms with van der Waals surface area (Å²) in [5.74, 6) is -2.58. The fourth-order valence-corrected chi connectivity index (χ4v) is 2.18. The summed E-state index contributed by atoms with van der Waals surface area (Å²) in [6, 6.07) is 3.43. The van der Waals surface area contributed by atoms with Crippen LogP contribution in [0, 0.1) is 11.6 Å². The molecule has 104 valence electrons. The lowest BCUT2D eigenvalue weighted by atomic mass is 10.1. The van der Waals surface area contributed by atoms with Crippen molar-refractivity contribution in [1.82, 2.24) is 9.13 Å². The first-order valence-corrected chi connectivity index (χ1v) is 6.32. The molecule has 1 aromatic heterocycles. The summed E-state index contributed by atoms with van der Waals surface area (Å²) in [6.07, 6.45) is 4.96. The van der Waals surface area contributed by atoms with Gasteiger partial charge >= 0.3 is 5.69 Å². The summed E-state index contributed by atoms with van der Waals surface area (Å²) in [7, 11) is 0. The van der Waals surface area contributed by atoms with Crippen LogP contribution in [-0.4, -0.2) is 14.9 Å². The van der Waals surface area contributed by atoms with Gasteiger partial charge in [0, 0.05) is 18.4 Å². The molecule has 1 aromatic carbocycles. The lowest BCUT2D eigenvalue weighted by Gasteiger charge is -2.04. The quantitative estimate of drug-likeness (QED) is 0.804. The molecular weight excluding hydrogens is 266 g/mol. The van der Waals surface area contributed by atoms with Gasteiger partial charge in [-0.1, -0.05) is 6.07 Å². The van der Waals surface area contributed by atoms with E-state index in [9.17, 15) is 18.4 Å². The van der Waals surface area contributed by atoms with E-state index in [2.05, 4.69) is 0 Å². The Kier molecular flexibility index (Phi) is 3.00. The summed E-state index contributed by atoms with van der Waals surface area (Å²) in [5, 5.41) is 0. The van der Waals surface area contributed by atoms with Crippen molar-refractivity contribution in [1.29, 1.82) is 0 Å². The lowest BCUT2D eigenvalue weighted by Crippen LogP contribution is -2.27. The predicted molar refractivity (Wildman–Crippen MR) is 67.7 cm³/mol. The molecule has 3 rings (SSSR count). The molecule has 0 N–H and O–H groups in total. The molecule has 0 saturated heterocycles. The van der Waals surface area contributed by atoms with E-state index in [1.165, 1.54) is 16.8 Å². The molecule has 1 aliphatic rings. The molecule has 0 atom stereocenters. The van der Waals surface area contributed by atoms with E-state index in [4.69, 9.17) is 0 Å². The van der Waals surface area contributed by atoms with Gasteiger partial charge in [0.2, 0.25) is 0 Å². The summed E-state index contributed by atoms with van der Waals surface area (Å²) in [6.45, 7) is -0.365. The van der Waals surface area contributed by atoms with Crippen LogP contribution >= 0.6 is 0 Å². The summed E-state index contributed by atoms with van der Waals surface area (Å²) in [4.78, 5) is 23.9. The first-order chi connectivity index (χ1) is 9.58. The molecule has 0 radical (unpaired) electrons. The average Bonchev–Trinajstić information content (AvgIpc) is 3.16. The fourth-order valence-electron chi connectivity index (χ4n) is 2.18. The maximum atomic E-state index is 13.5. The van der Waals surface area contributed by atoms with Gasteiger partial charge in [0.25, 0.3) is 0 Å².